The summed E-state index contributed by atoms with van der Waals surface area (Å²) in [5.41, 5.74) is 1.96. The van der Waals surface area contributed by atoms with E-state index in [2.05, 4.69) is 20.8 Å². The summed E-state index contributed by atoms with van der Waals surface area (Å²) in [6.45, 7) is 2.99. The van der Waals surface area contributed by atoms with Crippen molar-refractivity contribution in [1.29, 1.82) is 0 Å². The first-order valence-corrected chi connectivity index (χ1v) is 7.01. The van der Waals surface area contributed by atoms with Crippen LogP contribution in [0, 0.1) is 12.8 Å². The first-order chi connectivity index (χ1) is 8.15. The second-order valence-electron chi connectivity index (χ2n) is 5.27. The van der Waals surface area contributed by atoms with Gasteiger partial charge in [0.25, 0.3) is 5.91 Å². The van der Waals surface area contributed by atoms with Gasteiger partial charge in [0.15, 0.2) is 0 Å². The molecule has 1 saturated carbocycles. The SMILES string of the molecule is Cc1ccc(Br)c(C(=O)N2CC3CCC2C3)c1. The van der Waals surface area contributed by atoms with Gasteiger partial charge in [0.2, 0.25) is 0 Å². The summed E-state index contributed by atoms with van der Waals surface area (Å²) in [5.74, 6) is 0.959. The third-order valence-corrected chi connectivity index (χ3v) is 4.71. The van der Waals surface area contributed by atoms with Gasteiger partial charge < -0.3 is 4.90 Å². The molecule has 2 bridgehead atoms. The first-order valence-electron chi connectivity index (χ1n) is 6.22. The molecule has 3 rings (SSSR count). The van der Waals surface area contributed by atoms with Gasteiger partial charge in [0.1, 0.15) is 0 Å². The van der Waals surface area contributed by atoms with Crippen LogP contribution in [0.1, 0.15) is 35.2 Å². The number of fused-ring (bicyclic) bond motifs is 2. The van der Waals surface area contributed by atoms with Crippen LogP contribution in [-0.2, 0) is 0 Å². The molecule has 1 aliphatic carbocycles. The predicted molar refractivity (Wildman–Crippen MR) is 71.0 cm³/mol. The number of amides is 1. The number of likely N-dealkylation sites (tertiary alicyclic amines) is 1. The minimum absolute atomic E-state index is 0.202. The Morgan fingerprint density at radius 1 is 1.41 bits per heavy atom. The highest BCUT2D eigenvalue weighted by molar-refractivity contribution is 9.10. The number of piperidine rings is 1. The third-order valence-electron chi connectivity index (χ3n) is 4.02. The molecule has 1 saturated heterocycles. The predicted octanol–water partition coefficient (Wildman–Crippen LogP) is 3.38. The molecule has 1 heterocycles. The van der Waals surface area contributed by atoms with E-state index in [0.717, 1.165) is 28.1 Å². The maximum absolute atomic E-state index is 12.5. The highest BCUT2D eigenvalue weighted by Gasteiger charge is 2.40. The number of hydrogen-bond acceptors (Lipinski definition) is 1. The van der Waals surface area contributed by atoms with Crippen LogP contribution in [0.2, 0.25) is 0 Å². The molecule has 0 spiro atoms. The van der Waals surface area contributed by atoms with Gasteiger partial charge in [0, 0.05) is 17.1 Å². The monoisotopic (exact) mass is 293 g/mol. The normalized spacial score (nSPS) is 26.6. The van der Waals surface area contributed by atoms with Crippen molar-refractivity contribution in [1.82, 2.24) is 4.90 Å². The number of carbonyl (C=O) groups excluding carboxylic acids is 1. The summed E-state index contributed by atoms with van der Waals surface area (Å²) in [4.78, 5) is 14.6. The van der Waals surface area contributed by atoms with Crippen molar-refractivity contribution in [3.8, 4) is 0 Å². The van der Waals surface area contributed by atoms with Crippen molar-refractivity contribution in [2.75, 3.05) is 6.54 Å². The van der Waals surface area contributed by atoms with Gasteiger partial charge in [-0.05, 0) is 60.2 Å². The second-order valence-corrected chi connectivity index (χ2v) is 6.13. The molecule has 0 aromatic heterocycles. The summed E-state index contributed by atoms with van der Waals surface area (Å²) in [7, 11) is 0. The van der Waals surface area contributed by atoms with Gasteiger partial charge >= 0.3 is 0 Å². The number of rotatable bonds is 1. The Morgan fingerprint density at radius 2 is 2.24 bits per heavy atom. The van der Waals surface area contributed by atoms with E-state index in [-0.39, 0.29) is 5.91 Å². The maximum Gasteiger partial charge on any atom is 0.255 e. The van der Waals surface area contributed by atoms with E-state index in [4.69, 9.17) is 0 Å². The molecule has 2 atom stereocenters. The Morgan fingerprint density at radius 3 is 2.88 bits per heavy atom. The Labute approximate surface area is 110 Å². The lowest BCUT2D eigenvalue weighted by Gasteiger charge is -2.27. The fourth-order valence-corrected chi connectivity index (χ4v) is 3.55. The minimum Gasteiger partial charge on any atom is -0.335 e. The number of halogens is 1. The molecule has 90 valence electrons. The van der Waals surface area contributed by atoms with E-state index in [9.17, 15) is 4.79 Å². The number of nitrogens with zero attached hydrogens (tertiary/aromatic N) is 1. The molecular weight excluding hydrogens is 278 g/mol. The van der Waals surface area contributed by atoms with Crippen molar-refractivity contribution >= 4 is 21.8 Å². The number of hydrogen-bond donors (Lipinski definition) is 0. The van der Waals surface area contributed by atoms with Gasteiger partial charge in [0.05, 0.1) is 5.56 Å². The van der Waals surface area contributed by atoms with Crippen LogP contribution < -0.4 is 0 Å². The van der Waals surface area contributed by atoms with Gasteiger partial charge in [-0.25, -0.2) is 0 Å². The number of aryl methyl sites for hydroxylation is 1. The summed E-state index contributed by atoms with van der Waals surface area (Å²) < 4.78 is 0.913. The van der Waals surface area contributed by atoms with Crippen molar-refractivity contribution < 1.29 is 4.79 Å². The van der Waals surface area contributed by atoms with Gasteiger partial charge in [-0.15, -0.1) is 0 Å². The zero-order chi connectivity index (χ0) is 12.0. The van der Waals surface area contributed by atoms with Crippen molar-refractivity contribution in [3.05, 3.63) is 33.8 Å². The van der Waals surface area contributed by atoms with Gasteiger partial charge in [-0.2, -0.15) is 0 Å². The van der Waals surface area contributed by atoms with Gasteiger partial charge in [-0.1, -0.05) is 11.6 Å². The number of carbonyl (C=O) groups is 1. The molecular formula is C14H16BrNO. The summed E-state index contributed by atoms with van der Waals surface area (Å²) >= 11 is 3.48. The summed E-state index contributed by atoms with van der Waals surface area (Å²) in [6, 6.07) is 6.48. The third kappa shape index (κ3) is 1.90. The summed E-state index contributed by atoms with van der Waals surface area (Å²) in [6.07, 6.45) is 3.72. The standard InChI is InChI=1S/C14H16BrNO/c1-9-2-5-13(15)12(6-9)14(17)16-8-10-3-4-11(16)7-10/h2,5-6,10-11H,3-4,7-8H2,1H3. The van der Waals surface area contributed by atoms with Crippen LogP contribution in [0.5, 0.6) is 0 Å². The average molecular weight is 294 g/mol. The molecule has 2 aliphatic rings. The Kier molecular flexibility index (Phi) is 2.74. The van der Waals surface area contributed by atoms with Crippen molar-refractivity contribution in [2.24, 2.45) is 5.92 Å². The molecule has 2 unspecified atom stereocenters. The molecule has 0 radical (unpaired) electrons. The van der Waals surface area contributed by atoms with Crippen LogP contribution in [0.3, 0.4) is 0 Å². The largest absolute Gasteiger partial charge is 0.335 e. The quantitative estimate of drug-likeness (QED) is 0.777. The fourth-order valence-electron chi connectivity index (χ4n) is 3.13. The maximum atomic E-state index is 12.5. The molecule has 1 aromatic rings. The molecule has 1 aromatic carbocycles. The Balaban J connectivity index is 1.89. The van der Waals surface area contributed by atoms with Crippen LogP contribution in [0.4, 0.5) is 0 Å². The first kappa shape index (κ1) is 11.3. The Bertz CT molecular complexity index is 471. The fraction of sp³-hybridized carbons (Fsp3) is 0.500. The zero-order valence-electron chi connectivity index (χ0n) is 9.95. The minimum atomic E-state index is 0.202. The van der Waals surface area contributed by atoms with Crippen LogP contribution in [0.15, 0.2) is 22.7 Å². The lowest BCUT2D eigenvalue weighted by Crippen LogP contribution is -2.37. The molecule has 2 fully saturated rings. The van der Waals surface area contributed by atoms with Crippen LogP contribution >= 0.6 is 15.9 Å². The molecule has 17 heavy (non-hydrogen) atoms. The van der Waals surface area contributed by atoms with Crippen LogP contribution in [-0.4, -0.2) is 23.4 Å². The van der Waals surface area contributed by atoms with E-state index in [1.807, 2.05) is 25.1 Å². The van der Waals surface area contributed by atoms with Crippen LogP contribution in [0.25, 0.3) is 0 Å². The van der Waals surface area contributed by atoms with E-state index < -0.39 is 0 Å². The van der Waals surface area contributed by atoms with E-state index >= 15 is 0 Å². The zero-order valence-corrected chi connectivity index (χ0v) is 11.5. The number of benzene rings is 1. The van der Waals surface area contributed by atoms with Crippen molar-refractivity contribution in [3.63, 3.8) is 0 Å². The smallest absolute Gasteiger partial charge is 0.255 e. The lowest BCUT2D eigenvalue weighted by molar-refractivity contribution is 0.0702. The second kappa shape index (κ2) is 4.13. The molecule has 1 aliphatic heterocycles. The molecule has 3 heteroatoms. The average Bonchev–Trinajstić information content (AvgIpc) is 2.93. The van der Waals surface area contributed by atoms with E-state index in [0.29, 0.717) is 6.04 Å². The molecule has 1 amide bonds. The Hall–Kier alpha value is -0.830. The van der Waals surface area contributed by atoms with Crippen molar-refractivity contribution in [2.45, 2.75) is 32.2 Å². The highest BCUT2D eigenvalue weighted by atomic mass is 79.9. The van der Waals surface area contributed by atoms with E-state index in [1.165, 1.54) is 19.3 Å². The van der Waals surface area contributed by atoms with E-state index in [1.54, 1.807) is 0 Å². The lowest BCUT2D eigenvalue weighted by atomic mass is 10.1. The van der Waals surface area contributed by atoms with Gasteiger partial charge in [-0.3, -0.25) is 4.79 Å². The topological polar surface area (TPSA) is 20.3 Å². The molecule has 0 N–H and O–H groups in total. The highest BCUT2D eigenvalue weighted by Crippen LogP contribution is 2.38. The summed E-state index contributed by atoms with van der Waals surface area (Å²) in [5, 5.41) is 0. The molecule has 2 nitrogen and oxygen atoms in total.